The average molecular weight is 367 g/mol. The van der Waals surface area contributed by atoms with Crippen LogP contribution in [-0.2, 0) is 0 Å². The first-order valence-electron chi connectivity index (χ1n) is 9.29. The van der Waals surface area contributed by atoms with E-state index in [0.717, 1.165) is 0 Å². The van der Waals surface area contributed by atoms with Gasteiger partial charge in [0.15, 0.2) is 23.0 Å². The zero-order valence-electron chi connectivity index (χ0n) is 18.8. The summed E-state index contributed by atoms with van der Waals surface area (Å²) >= 11 is 0. The van der Waals surface area contributed by atoms with Crippen LogP contribution in [0.5, 0.6) is 23.0 Å². The minimum atomic E-state index is -0.360. The summed E-state index contributed by atoms with van der Waals surface area (Å²) in [5.74, 6) is 2.58. The molecule has 1 aromatic rings. The molecule has 0 aliphatic carbocycles. The van der Waals surface area contributed by atoms with Crippen molar-refractivity contribution in [2.45, 2.75) is 105 Å². The highest BCUT2D eigenvalue weighted by Gasteiger charge is 2.26. The van der Waals surface area contributed by atoms with Crippen molar-refractivity contribution in [3.63, 3.8) is 0 Å². The van der Waals surface area contributed by atoms with E-state index in [2.05, 4.69) is 0 Å². The SMILES string of the molecule is CC(C)(C)Oc1cc(OC(C)(C)C)c(OC(C)(C)C)cc1OC(C)(C)C. The van der Waals surface area contributed by atoms with E-state index in [0.29, 0.717) is 23.0 Å². The summed E-state index contributed by atoms with van der Waals surface area (Å²) < 4.78 is 24.6. The number of rotatable bonds is 4. The van der Waals surface area contributed by atoms with Crippen LogP contribution in [0.25, 0.3) is 0 Å². The van der Waals surface area contributed by atoms with Gasteiger partial charge in [-0.1, -0.05) is 0 Å². The van der Waals surface area contributed by atoms with Gasteiger partial charge < -0.3 is 18.9 Å². The molecule has 0 saturated carbocycles. The van der Waals surface area contributed by atoms with Gasteiger partial charge in [0.1, 0.15) is 22.4 Å². The standard InChI is InChI=1S/C22H38O4/c1-19(2,3)23-15-13-17(25-21(7,8)9)18(26-22(10,11)12)14-16(15)24-20(4,5)6/h13-14H,1-12H3. The predicted molar refractivity (Wildman–Crippen MR) is 108 cm³/mol. The van der Waals surface area contributed by atoms with Crippen LogP contribution < -0.4 is 18.9 Å². The van der Waals surface area contributed by atoms with Crippen LogP contribution in [0.15, 0.2) is 12.1 Å². The smallest absolute Gasteiger partial charge is 0.165 e. The Labute approximate surface area is 160 Å². The quantitative estimate of drug-likeness (QED) is 0.618. The second-order valence-corrected chi connectivity index (χ2v) is 10.6. The topological polar surface area (TPSA) is 36.9 Å². The molecule has 0 fully saturated rings. The van der Waals surface area contributed by atoms with Gasteiger partial charge in [0.2, 0.25) is 0 Å². The fourth-order valence-corrected chi connectivity index (χ4v) is 2.16. The van der Waals surface area contributed by atoms with Gasteiger partial charge in [0.25, 0.3) is 0 Å². The lowest BCUT2D eigenvalue weighted by Gasteiger charge is -2.31. The van der Waals surface area contributed by atoms with Gasteiger partial charge in [0, 0.05) is 12.1 Å². The Morgan fingerprint density at radius 2 is 0.538 bits per heavy atom. The molecular weight excluding hydrogens is 328 g/mol. The Balaban J connectivity index is 3.53. The van der Waals surface area contributed by atoms with E-state index in [1.807, 2.05) is 95.2 Å². The van der Waals surface area contributed by atoms with Crippen molar-refractivity contribution in [2.24, 2.45) is 0 Å². The summed E-state index contributed by atoms with van der Waals surface area (Å²) in [6.07, 6.45) is 0. The molecule has 0 bridgehead atoms. The molecule has 26 heavy (non-hydrogen) atoms. The molecule has 0 aliphatic rings. The summed E-state index contributed by atoms with van der Waals surface area (Å²) in [5, 5.41) is 0. The molecule has 4 heteroatoms. The molecule has 1 rings (SSSR count). The minimum absolute atomic E-state index is 0.360. The molecule has 0 saturated heterocycles. The van der Waals surface area contributed by atoms with Crippen molar-refractivity contribution in [2.75, 3.05) is 0 Å². The zero-order chi connectivity index (χ0) is 20.6. The van der Waals surface area contributed by atoms with Gasteiger partial charge in [-0.2, -0.15) is 0 Å². The Kier molecular flexibility index (Phi) is 6.22. The first kappa shape index (κ1) is 22.5. The highest BCUT2D eigenvalue weighted by molar-refractivity contribution is 5.55. The first-order valence-corrected chi connectivity index (χ1v) is 9.29. The van der Waals surface area contributed by atoms with E-state index in [-0.39, 0.29) is 22.4 Å². The van der Waals surface area contributed by atoms with Crippen LogP contribution in [0.2, 0.25) is 0 Å². The second kappa shape index (κ2) is 7.21. The van der Waals surface area contributed by atoms with E-state index >= 15 is 0 Å². The van der Waals surface area contributed by atoms with Crippen molar-refractivity contribution in [1.29, 1.82) is 0 Å². The molecule has 0 N–H and O–H groups in total. The molecule has 4 nitrogen and oxygen atoms in total. The fourth-order valence-electron chi connectivity index (χ4n) is 2.16. The van der Waals surface area contributed by atoms with Gasteiger partial charge in [-0.05, 0) is 83.1 Å². The van der Waals surface area contributed by atoms with Crippen LogP contribution >= 0.6 is 0 Å². The molecule has 0 amide bonds. The third kappa shape index (κ3) is 8.68. The summed E-state index contributed by atoms with van der Waals surface area (Å²) in [6, 6.07) is 3.75. The third-order valence-electron chi connectivity index (χ3n) is 2.67. The number of ether oxygens (including phenoxy) is 4. The van der Waals surface area contributed by atoms with Gasteiger partial charge in [0.05, 0.1) is 0 Å². The molecule has 150 valence electrons. The van der Waals surface area contributed by atoms with Crippen LogP contribution in [0.4, 0.5) is 0 Å². The summed E-state index contributed by atoms with van der Waals surface area (Å²) in [6.45, 7) is 24.1. The van der Waals surface area contributed by atoms with Gasteiger partial charge in [-0.25, -0.2) is 0 Å². The fraction of sp³-hybridized carbons (Fsp3) is 0.727. The third-order valence-corrected chi connectivity index (χ3v) is 2.67. The van der Waals surface area contributed by atoms with Crippen molar-refractivity contribution in [3.05, 3.63) is 12.1 Å². The zero-order valence-corrected chi connectivity index (χ0v) is 18.8. The number of hydrogen-bond donors (Lipinski definition) is 0. The van der Waals surface area contributed by atoms with Gasteiger partial charge in [-0.3, -0.25) is 0 Å². The Morgan fingerprint density at radius 3 is 0.654 bits per heavy atom. The van der Waals surface area contributed by atoms with Crippen molar-refractivity contribution in [1.82, 2.24) is 0 Å². The van der Waals surface area contributed by atoms with Crippen molar-refractivity contribution < 1.29 is 18.9 Å². The molecule has 0 aromatic heterocycles. The first-order chi connectivity index (χ1) is 11.3. The van der Waals surface area contributed by atoms with Crippen LogP contribution in [0.1, 0.15) is 83.1 Å². The Hall–Kier alpha value is -1.58. The number of hydrogen-bond acceptors (Lipinski definition) is 4. The lowest BCUT2D eigenvalue weighted by molar-refractivity contribution is 0.0819. The van der Waals surface area contributed by atoms with Crippen LogP contribution in [-0.4, -0.2) is 22.4 Å². The maximum absolute atomic E-state index is 6.16. The molecule has 0 unspecified atom stereocenters. The largest absolute Gasteiger partial charge is 0.484 e. The molecule has 0 spiro atoms. The molecule has 0 atom stereocenters. The second-order valence-electron chi connectivity index (χ2n) is 10.6. The normalized spacial score (nSPS) is 13.4. The Morgan fingerprint density at radius 1 is 0.385 bits per heavy atom. The van der Waals surface area contributed by atoms with Crippen molar-refractivity contribution in [3.8, 4) is 23.0 Å². The predicted octanol–water partition coefficient (Wildman–Crippen LogP) is 6.40. The van der Waals surface area contributed by atoms with Crippen LogP contribution in [0, 0.1) is 0 Å². The van der Waals surface area contributed by atoms with Crippen molar-refractivity contribution >= 4 is 0 Å². The van der Waals surface area contributed by atoms with E-state index in [9.17, 15) is 0 Å². The van der Waals surface area contributed by atoms with E-state index in [1.54, 1.807) is 0 Å². The van der Waals surface area contributed by atoms with E-state index < -0.39 is 0 Å². The average Bonchev–Trinajstić information content (AvgIpc) is 2.26. The maximum atomic E-state index is 6.16. The molecular formula is C22H38O4. The van der Waals surface area contributed by atoms with E-state index in [4.69, 9.17) is 18.9 Å². The highest BCUT2D eigenvalue weighted by Crippen LogP contribution is 2.44. The Bertz CT molecular complexity index is 499. The lowest BCUT2D eigenvalue weighted by Crippen LogP contribution is -2.28. The summed E-state index contributed by atoms with van der Waals surface area (Å²) in [4.78, 5) is 0. The van der Waals surface area contributed by atoms with Gasteiger partial charge >= 0.3 is 0 Å². The number of benzene rings is 1. The summed E-state index contributed by atoms with van der Waals surface area (Å²) in [7, 11) is 0. The monoisotopic (exact) mass is 366 g/mol. The molecule has 0 radical (unpaired) electrons. The highest BCUT2D eigenvalue weighted by atomic mass is 16.6. The molecule has 1 aromatic carbocycles. The molecule has 0 heterocycles. The van der Waals surface area contributed by atoms with Gasteiger partial charge in [-0.15, -0.1) is 0 Å². The van der Waals surface area contributed by atoms with E-state index in [1.165, 1.54) is 0 Å². The minimum Gasteiger partial charge on any atom is -0.484 e. The molecule has 0 aliphatic heterocycles. The lowest BCUT2D eigenvalue weighted by atomic mass is 10.1. The summed E-state index contributed by atoms with van der Waals surface area (Å²) in [5.41, 5.74) is -1.44. The maximum Gasteiger partial charge on any atom is 0.165 e. The van der Waals surface area contributed by atoms with Crippen LogP contribution in [0.3, 0.4) is 0 Å².